The van der Waals surface area contributed by atoms with Crippen LogP contribution < -0.4 is 5.32 Å². The molecule has 18 heavy (non-hydrogen) atoms. The molecule has 0 aliphatic heterocycles. The van der Waals surface area contributed by atoms with Gasteiger partial charge in [0.1, 0.15) is 0 Å². The quantitative estimate of drug-likeness (QED) is 0.894. The lowest BCUT2D eigenvalue weighted by Crippen LogP contribution is -2.24. The number of benzene rings is 1. The Hall–Kier alpha value is -1.61. The summed E-state index contributed by atoms with van der Waals surface area (Å²) in [6.45, 7) is 6.53. The maximum atomic E-state index is 4.21. The zero-order valence-electron chi connectivity index (χ0n) is 11.5. The molecular weight excluding hydrogens is 222 g/mol. The molecule has 0 bridgehead atoms. The maximum absolute atomic E-state index is 4.21. The van der Waals surface area contributed by atoms with E-state index in [1.807, 2.05) is 17.9 Å². The molecule has 1 aromatic heterocycles. The SMILES string of the molecule is Cc1ccccc1C(C)NC(C)c1ccnn1C. The van der Waals surface area contributed by atoms with Gasteiger partial charge in [-0.15, -0.1) is 0 Å². The van der Waals surface area contributed by atoms with Gasteiger partial charge in [-0.1, -0.05) is 24.3 Å². The highest BCUT2D eigenvalue weighted by Gasteiger charge is 2.14. The molecule has 96 valence electrons. The lowest BCUT2D eigenvalue weighted by atomic mass is 10.0. The second kappa shape index (κ2) is 5.36. The van der Waals surface area contributed by atoms with E-state index in [2.05, 4.69) is 61.5 Å². The van der Waals surface area contributed by atoms with Gasteiger partial charge in [-0.2, -0.15) is 5.10 Å². The largest absolute Gasteiger partial charge is 0.302 e. The highest BCUT2D eigenvalue weighted by Crippen LogP contribution is 2.21. The van der Waals surface area contributed by atoms with Crippen LogP contribution in [0, 0.1) is 6.92 Å². The van der Waals surface area contributed by atoms with Gasteiger partial charge in [0, 0.05) is 25.3 Å². The summed E-state index contributed by atoms with van der Waals surface area (Å²) < 4.78 is 1.92. The van der Waals surface area contributed by atoms with E-state index in [1.54, 1.807) is 0 Å². The average Bonchev–Trinajstić information content (AvgIpc) is 2.76. The highest BCUT2D eigenvalue weighted by atomic mass is 15.3. The van der Waals surface area contributed by atoms with Crippen molar-refractivity contribution in [1.29, 1.82) is 0 Å². The Labute approximate surface area is 109 Å². The fraction of sp³-hybridized carbons (Fsp3) is 0.400. The third-order valence-electron chi connectivity index (χ3n) is 3.46. The fourth-order valence-electron chi connectivity index (χ4n) is 2.43. The van der Waals surface area contributed by atoms with Crippen molar-refractivity contribution in [3.8, 4) is 0 Å². The summed E-state index contributed by atoms with van der Waals surface area (Å²) in [7, 11) is 1.98. The minimum Gasteiger partial charge on any atom is -0.302 e. The van der Waals surface area contributed by atoms with Crippen molar-refractivity contribution in [2.45, 2.75) is 32.9 Å². The van der Waals surface area contributed by atoms with Crippen LogP contribution in [0.15, 0.2) is 36.5 Å². The van der Waals surface area contributed by atoms with Gasteiger partial charge in [0.15, 0.2) is 0 Å². The molecule has 0 amide bonds. The van der Waals surface area contributed by atoms with E-state index in [9.17, 15) is 0 Å². The molecule has 0 radical (unpaired) electrons. The summed E-state index contributed by atoms with van der Waals surface area (Å²) in [5.41, 5.74) is 3.89. The first kappa shape index (κ1) is 12.8. The molecule has 3 heteroatoms. The number of nitrogens with zero attached hydrogens (tertiary/aromatic N) is 2. The third kappa shape index (κ3) is 2.62. The fourth-order valence-corrected chi connectivity index (χ4v) is 2.43. The molecule has 2 unspecified atom stereocenters. The number of nitrogens with one attached hydrogen (secondary N) is 1. The predicted octanol–water partition coefficient (Wildman–Crippen LogP) is 3.14. The molecule has 1 aromatic carbocycles. The van der Waals surface area contributed by atoms with E-state index in [1.165, 1.54) is 16.8 Å². The average molecular weight is 243 g/mol. The number of rotatable bonds is 4. The molecule has 2 atom stereocenters. The first-order chi connectivity index (χ1) is 8.59. The maximum Gasteiger partial charge on any atom is 0.0547 e. The van der Waals surface area contributed by atoms with Crippen molar-refractivity contribution in [2.24, 2.45) is 7.05 Å². The zero-order valence-corrected chi connectivity index (χ0v) is 11.5. The topological polar surface area (TPSA) is 29.9 Å². The van der Waals surface area contributed by atoms with Crippen molar-refractivity contribution in [2.75, 3.05) is 0 Å². The Morgan fingerprint density at radius 3 is 2.44 bits per heavy atom. The standard InChI is InChI=1S/C15H21N3/c1-11-7-5-6-8-14(11)12(2)17-13(3)15-9-10-16-18(15)4/h5-10,12-13,17H,1-4H3. The van der Waals surface area contributed by atoms with Gasteiger partial charge in [-0.3, -0.25) is 4.68 Å². The van der Waals surface area contributed by atoms with Gasteiger partial charge in [-0.05, 0) is 38.0 Å². The molecule has 2 rings (SSSR count). The van der Waals surface area contributed by atoms with Crippen molar-refractivity contribution >= 4 is 0 Å². The Bertz CT molecular complexity index is 516. The van der Waals surface area contributed by atoms with Crippen LogP contribution in [0.1, 0.15) is 42.8 Å². The molecule has 0 saturated heterocycles. The van der Waals surface area contributed by atoms with Gasteiger partial charge in [0.05, 0.1) is 5.69 Å². The third-order valence-corrected chi connectivity index (χ3v) is 3.46. The molecule has 1 heterocycles. The molecule has 0 aliphatic rings. The molecule has 2 aromatic rings. The number of aromatic nitrogens is 2. The van der Waals surface area contributed by atoms with Gasteiger partial charge in [-0.25, -0.2) is 0 Å². The molecule has 0 fully saturated rings. The lowest BCUT2D eigenvalue weighted by molar-refractivity contribution is 0.468. The van der Waals surface area contributed by atoms with Gasteiger partial charge >= 0.3 is 0 Å². The second-order valence-corrected chi connectivity index (χ2v) is 4.85. The number of aryl methyl sites for hydroxylation is 2. The monoisotopic (exact) mass is 243 g/mol. The highest BCUT2D eigenvalue weighted by molar-refractivity contribution is 5.28. The van der Waals surface area contributed by atoms with Crippen LogP contribution >= 0.6 is 0 Å². The van der Waals surface area contributed by atoms with Crippen molar-refractivity contribution in [3.05, 3.63) is 53.3 Å². The predicted molar refractivity (Wildman–Crippen MR) is 74.4 cm³/mol. The van der Waals surface area contributed by atoms with Crippen LogP contribution in [-0.4, -0.2) is 9.78 Å². The van der Waals surface area contributed by atoms with Crippen molar-refractivity contribution in [1.82, 2.24) is 15.1 Å². The Balaban J connectivity index is 2.11. The van der Waals surface area contributed by atoms with Gasteiger partial charge in [0.2, 0.25) is 0 Å². The molecule has 1 N–H and O–H groups in total. The minimum atomic E-state index is 0.284. The molecule has 0 saturated carbocycles. The summed E-state index contributed by atoms with van der Waals surface area (Å²) in [6.07, 6.45) is 1.84. The van der Waals surface area contributed by atoms with Crippen LogP contribution in [0.4, 0.5) is 0 Å². The lowest BCUT2D eigenvalue weighted by Gasteiger charge is -2.22. The molecular formula is C15H21N3. The van der Waals surface area contributed by atoms with Crippen LogP contribution in [0.25, 0.3) is 0 Å². The first-order valence-corrected chi connectivity index (χ1v) is 6.39. The van der Waals surface area contributed by atoms with Crippen molar-refractivity contribution in [3.63, 3.8) is 0 Å². The summed E-state index contributed by atoms with van der Waals surface area (Å²) in [4.78, 5) is 0. The van der Waals surface area contributed by atoms with Gasteiger partial charge in [0.25, 0.3) is 0 Å². The first-order valence-electron chi connectivity index (χ1n) is 6.39. The molecule has 0 spiro atoms. The van der Waals surface area contributed by atoms with E-state index < -0.39 is 0 Å². The minimum absolute atomic E-state index is 0.284. The van der Waals surface area contributed by atoms with E-state index in [0.717, 1.165) is 0 Å². The summed E-state index contributed by atoms with van der Waals surface area (Å²) in [6, 6.07) is 11.2. The van der Waals surface area contributed by atoms with E-state index >= 15 is 0 Å². The Morgan fingerprint density at radius 2 is 1.83 bits per heavy atom. The number of hydrogen-bond acceptors (Lipinski definition) is 2. The van der Waals surface area contributed by atoms with Crippen LogP contribution in [0.5, 0.6) is 0 Å². The Morgan fingerprint density at radius 1 is 1.11 bits per heavy atom. The van der Waals surface area contributed by atoms with Gasteiger partial charge < -0.3 is 5.32 Å². The molecule has 0 aliphatic carbocycles. The summed E-state index contributed by atoms with van der Waals surface area (Å²) >= 11 is 0. The van der Waals surface area contributed by atoms with Crippen LogP contribution in [-0.2, 0) is 7.05 Å². The smallest absolute Gasteiger partial charge is 0.0547 e. The van der Waals surface area contributed by atoms with Crippen LogP contribution in [0.2, 0.25) is 0 Å². The number of hydrogen-bond donors (Lipinski definition) is 1. The molecule has 3 nitrogen and oxygen atoms in total. The summed E-state index contributed by atoms with van der Waals surface area (Å²) in [5, 5.41) is 7.83. The zero-order chi connectivity index (χ0) is 13.1. The normalized spacial score (nSPS) is 14.4. The van der Waals surface area contributed by atoms with Crippen molar-refractivity contribution < 1.29 is 0 Å². The van der Waals surface area contributed by atoms with E-state index in [-0.39, 0.29) is 6.04 Å². The summed E-state index contributed by atoms with van der Waals surface area (Å²) in [5.74, 6) is 0. The van der Waals surface area contributed by atoms with Crippen LogP contribution in [0.3, 0.4) is 0 Å². The van der Waals surface area contributed by atoms with E-state index in [0.29, 0.717) is 6.04 Å². The van der Waals surface area contributed by atoms with E-state index in [4.69, 9.17) is 0 Å². The second-order valence-electron chi connectivity index (χ2n) is 4.85. The Kier molecular flexibility index (Phi) is 3.82.